The van der Waals surface area contributed by atoms with Crippen LogP contribution in [0, 0.1) is 0 Å². The van der Waals surface area contributed by atoms with Crippen LogP contribution in [0.5, 0.6) is 0 Å². The van der Waals surface area contributed by atoms with Crippen LogP contribution < -0.4 is 0 Å². The van der Waals surface area contributed by atoms with Crippen molar-refractivity contribution in [1.29, 1.82) is 0 Å². The molecule has 0 saturated carbocycles. The molecule has 0 radical (unpaired) electrons. The Labute approximate surface area is 329 Å². The third-order valence-corrected chi connectivity index (χ3v) is 12.3. The van der Waals surface area contributed by atoms with Gasteiger partial charge in [-0.15, -0.1) is 0 Å². The number of nitrogens with zero attached hydrogens (tertiary/aromatic N) is 2. The summed E-state index contributed by atoms with van der Waals surface area (Å²) in [5, 5.41) is 0. The zero-order valence-corrected chi connectivity index (χ0v) is 35.3. The monoisotopic (exact) mass is 725 g/mol. The largest absolute Gasteiger partial charge is 0.335 e. The van der Waals surface area contributed by atoms with Crippen molar-refractivity contribution in [3.05, 3.63) is 90.0 Å². The summed E-state index contributed by atoms with van der Waals surface area (Å²) < 4.78 is 2.54. The maximum Gasteiger partial charge on any atom is 0.112 e. The predicted octanol–water partition coefficient (Wildman–Crippen LogP) is 16.5. The molecule has 0 fully saturated rings. The second-order valence-electron chi connectivity index (χ2n) is 17.0. The minimum Gasteiger partial charge on any atom is -0.335 e. The molecule has 0 aliphatic carbocycles. The summed E-state index contributed by atoms with van der Waals surface area (Å²) in [5.74, 6) is 1.70. The topological polar surface area (TPSA) is 17.8 Å². The van der Waals surface area contributed by atoms with E-state index in [-0.39, 0.29) is 5.41 Å². The lowest BCUT2D eigenvalue weighted by Gasteiger charge is -2.39. The molecular weight excluding hydrogens is 641 g/mol. The van der Waals surface area contributed by atoms with Gasteiger partial charge in [-0.2, -0.15) is 0 Å². The van der Waals surface area contributed by atoms with Gasteiger partial charge in [-0.1, -0.05) is 255 Å². The normalized spacial score (nSPS) is 13.3. The van der Waals surface area contributed by atoms with Crippen LogP contribution in [-0.2, 0) is 18.4 Å². The lowest BCUT2D eigenvalue weighted by molar-refractivity contribution is 0.321. The third-order valence-electron chi connectivity index (χ3n) is 12.3. The second kappa shape index (κ2) is 29.9. The fraction of sp³-hybridized carbons (Fsp3) is 0.706. The summed E-state index contributed by atoms with van der Waals surface area (Å²) in [7, 11) is 0. The van der Waals surface area contributed by atoms with E-state index >= 15 is 0 Å². The van der Waals surface area contributed by atoms with Gasteiger partial charge in [0.25, 0.3) is 0 Å². The van der Waals surface area contributed by atoms with E-state index in [0.717, 1.165) is 13.0 Å². The molecule has 0 saturated heterocycles. The number of aryl methyl sites for hydroxylation is 1. The molecule has 298 valence electrons. The summed E-state index contributed by atoms with van der Waals surface area (Å²) in [4.78, 5) is 5.18. The van der Waals surface area contributed by atoms with Gasteiger partial charge in [-0.25, -0.2) is 4.98 Å². The minimum atomic E-state index is -0.0296. The van der Waals surface area contributed by atoms with Gasteiger partial charge in [0.15, 0.2) is 0 Å². The third kappa shape index (κ3) is 19.2. The zero-order valence-electron chi connectivity index (χ0n) is 35.3. The summed E-state index contributed by atoms with van der Waals surface area (Å²) in [6.07, 6.45) is 46.0. The molecule has 2 nitrogen and oxygen atoms in total. The maximum absolute atomic E-state index is 5.18. The van der Waals surface area contributed by atoms with Crippen molar-refractivity contribution in [3.63, 3.8) is 0 Å². The summed E-state index contributed by atoms with van der Waals surface area (Å²) in [6, 6.07) is 22.6. The molecular formula is C51H84N2. The average Bonchev–Trinajstić information content (AvgIpc) is 3.65. The van der Waals surface area contributed by atoms with Gasteiger partial charge in [-0.3, -0.25) is 0 Å². The standard InChI is InChI=1S/C51H84N2/c1-4-6-8-10-12-14-16-18-19-20-21-23-25-27-29-37-44-53-45-43-52-50(53)49(42-36-28-26-24-22-17-15-13-11-9-7-5-2)51(3,48-40-34-31-35-41-48)46-47-38-32-30-33-39-47/h30-35,38-41,43,45,49H,4-29,36-37,42,44,46H2,1-3H3. The smallest absolute Gasteiger partial charge is 0.112 e. The summed E-state index contributed by atoms with van der Waals surface area (Å²) in [6.45, 7) is 8.25. The van der Waals surface area contributed by atoms with Crippen molar-refractivity contribution in [1.82, 2.24) is 9.55 Å². The van der Waals surface area contributed by atoms with Gasteiger partial charge in [0.05, 0.1) is 0 Å². The van der Waals surface area contributed by atoms with Crippen LogP contribution in [0.3, 0.4) is 0 Å². The van der Waals surface area contributed by atoms with Crippen molar-refractivity contribution in [2.24, 2.45) is 0 Å². The van der Waals surface area contributed by atoms with Crippen molar-refractivity contribution < 1.29 is 0 Å². The van der Waals surface area contributed by atoms with Crippen molar-refractivity contribution in [3.8, 4) is 0 Å². The Morgan fingerprint density at radius 3 is 1.34 bits per heavy atom. The van der Waals surface area contributed by atoms with Gasteiger partial charge in [-0.05, 0) is 30.4 Å². The first-order valence-electron chi connectivity index (χ1n) is 23.3. The van der Waals surface area contributed by atoms with E-state index in [1.54, 1.807) is 0 Å². The SMILES string of the molecule is CCCCCCCCCCCCCCCCCCn1ccnc1C(CCCCCCCCCCCCCC)C(C)(Cc1ccccc1)c1ccccc1. The highest BCUT2D eigenvalue weighted by Crippen LogP contribution is 2.44. The lowest BCUT2D eigenvalue weighted by Crippen LogP contribution is -2.35. The highest BCUT2D eigenvalue weighted by molar-refractivity contribution is 5.33. The Hall–Kier alpha value is -2.35. The first-order valence-corrected chi connectivity index (χ1v) is 23.3. The molecule has 53 heavy (non-hydrogen) atoms. The van der Waals surface area contributed by atoms with Crippen molar-refractivity contribution in [2.45, 2.75) is 231 Å². The Morgan fingerprint density at radius 1 is 0.491 bits per heavy atom. The molecule has 3 rings (SSSR count). The van der Waals surface area contributed by atoms with Gasteiger partial charge in [0.1, 0.15) is 5.82 Å². The molecule has 0 aliphatic rings. The second-order valence-corrected chi connectivity index (χ2v) is 17.0. The van der Waals surface area contributed by atoms with E-state index < -0.39 is 0 Å². The van der Waals surface area contributed by atoms with Crippen LogP contribution in [0.2, 0.25) is 0 Å². The number of hydrogen-bond acceptors (Lipinski definition) is 1. The Bertz CT molecular complexity index is 1220. The number of rotatable bonds is 35. The molecule has 0 amide bonds. The van der Waals surface area contributed by atoms with Gasteiger partial charge >= 0.3 is 0 Å². The minimum absolute atomic E-state index is 0.0296. The van der Waals surface area contributed by atoms with E-state index in [9.17, 15) is 0 Å². The van der Waals surface area contributed by atoms with Crippen molar-refractivity contribution >= 4 is 0 Å². The van der Waals surface area contributed by atoms with E-state index in [1.807, 2.05) is 0 Å². The molecule has 0 bridgehead atoms. The first-order chi connectivity index (χ1) is 26.2. The predicted molar refractivity (Wildman–Crippen MR) is 234 cm³/mol. The molecule has 2 unspecified atom stereocenters. The molecule has 3 aromatic rings. The van der Waals surface area contributed by atoms with Gasteiger partial charge in [0, 0.05) is 30.3 Å². The van der Waals surface area contributed by atoms with Gasteiger partial charge < -0.3 is 4.57 Å². The van der Waals surface area contributed by atoms with Crippen LogP contribution in [-0.4, -0.2) is 9.55 Å². The number of imidazole rings is 1. The zero-order chi connectivity index (χ0) is 37.5. The number of benzene rings is 2. The summed E-state index contributed by atoms with van der Waals surface area (Å²) >= 11 is 0. The van der Waals surface area contributed by atoms with Crippen LogP contribution in [0.25, 0.3) is 0 Å². The number of unbranched alkanes of at least 4 members (excludes halogenated alkanes) is 26. The Morgan fingerprint density at radius 2 is 0.887 bits per heavy atom. The van der Waals surface area contributed by atoms with Crippen molar-refractivity contribution in [2.75, 3.05) is 0 Å². The lowest BCUT2D eigenvalue weighted by atomic mass is 9.66. The maximum atomic E-state index is 5.18. The Kier molecular flexibility index (Phi) is 25.4. The first kappa shape index (κ1) is 45.0. The van der Waals surface area contributed by atoms with E-state index in [1.165, 1.54) is 203 Å². The highest BCUT2D eigenvalue weighted by atomic mass is 15.1. The fourth-order valence-corrected chi connectivity index (χ4v) is 8.84. The molecule has 0 spiro atoms. The van der Waals surface area contributed by atoms with Gasteiger partial charge in [0.2, 0.25) is 0 Å². The van der Waals surface area contributed by atoms with Crippen LogP contribution in [0.4, 0.5) is 0 Å². The molecule has 2 atom stereocenters. The number of hydrogen-bond donors (Lipinski definition) is 0. The van der Waals surface area contributed by atoms with Crippen LogP contribution in [0.1, 0.15) is 230 Å². The van der Waals surface area contributed by atoms with Crippen LogP contribution >= 0.6 is 0 Å². The summed E-state index contributed by atoms with van der Waals surface area (Å²) in [5.41, 5.74) is 2.84. The average molecular weight is 725 g/mol. The van der Waals surface area contributed by atoms with E-state index in [4.69, 9.17) is 4.98 Å². The molecule has 2 aromatic carbocycles. The van der Waals surface area contributed by atoms with E-state index in [0.29, 0.717) is 5.92 Å². The fourth-order valence-electron chi connectivity index (χ4n) is 8.84. The quantitative estimate of drug-likeness (QED) is 0.0552. The molecule has 1 heterocycles. The number of aromatic nitrogens is 2. The van der Waals surface area contributed by atoms with Crippen LogP contribution in [0.15, 0.2) is 73.1 Å². The highest BCUT2D eigenvalue weighted by Gasteiger charge is 2.39. The molecule has 0 aliphatic heterocycles. The Balaban J connectivity index is 1.49. The molecule has 2 heteroatoms. The molecule has 1 aromatic heterocycles. The molecule has 0 N–H and O–H groups in total. The van der Waals surface area contributed by atoms with E-state index in [2.05, 4.69) is 98.4 Å².